The van der Waals surface area contributed by atoms with E-state index < -0.39 is 65.6 Å². The van der Waals surface area contributed by atoms with Gasteiger partial charge in [-0.15, -0.1) is 18.3 Å². The summed E-state index contributed by atoms with van der Waals surface area (Å²) in [5.41, 5.74) is 0.773. The number of likely N-dealkylation sites (tertiary alicyclic amines) is 1. The maximum atomic E-state index is 15.1. The number of aromatic nitrogens is 3. The van der Waals surface area contributed by atoms with Gasteiger partial charge in [-0.3, -0.25) is 19.2 Å². The first-order valence-corrected chi connectivity index (χ1v) is 18.9. The molecule has 2 aromatic carbocycles. The van der Waals surface area contributed by atoms with Crippen LogP contribution >= 0.6 is 0 Å². The monoisotopic (exact) mass is 740 g/mol. The number of benzene rings is 2. The Kier molecular flexibility index (Phi) is 11.7. The van der Waals surface area contributed by atoms with Crippen LogP contribution in [-0.4, -0.2) is 109 Å². The molecule has 3 aromatic rings. The molecule has 3 saturated heterocycles. The van der Waals surface area contributed by atoms with E-state index in [1.165, 1.54) is 4.90 Å². The van der Waals surface area contributed by atoms with Crippen LogP contribution in [0.15, 0.2) is 79.9 Å². The van der Waals surface area contributed by atoms with E-state index in [0.29, 0.717) is 36.8 Å². The van der Waals surface area contributed by atoms with Gasteiger partial charge in [0.05, 0.1) is 42.1 Å². The number of fused-ring (bicyclic) bond motifs is 2. The van der Waals surface area contributed by atoms with Gasteiger partial charge in [-0.05, 0) is 49.8 Å². The van der Waals surface area contributed by atoms with Gasteiger partial charge in [-0.25, -0.2) is 4.68 Å². The summed E-state index contributed by atoms with van der Waals surface area (Å²) in [6.07, 6.45) is 4.02. The largest absolute Gasteiger partial charge is 0.455 e. The number of hydrogen-bond acceptors (Lipinski definition) is 9. The van der Waals surface area contributed by atoms with Crippen molar-refractivity contribution in [2.45, 2.75) is 95.5 Å². The van der Waals surface area contributed by atoms with Crippen LogP contribution in [0.2, 0.25) is 0 Å². The molecule has 1 spiro atoms. The third-order valence-electron chi connectivity index (χ3n) is 11.9. The number of esters is 1. The Morgan fingerprint density at radius 1 is 1.11 bits per heavy atom. The molecule has 0 unspecified atom stereocenters. The average molecular weight is 741 g/mol. The van der Waals surface area contributed by atoms with Crippen molar-refractivity contribution in [2.24, 2.45) is 17.8 Å². The lowest BCUT2D eigenvalue weighted by Crippen LogP contribution is -2.60. The van der Waals surface area contributed by atoms with Gasteiger partial charge in [0.1, 0.15) is 29.9 Å². The van der Waals surface area contributed by atoms with Gasteiger partial charge in [0.25, 0.3) is 0 Å². The summed E-state index contributed by atoms with van der Waals surface area (Å²) in [5.74, 6) is -3.74. The molecule has 54 heavy (non-hydrogen) atoms. The topological polar surface area (TPSA) is 147 Å². The molecular formula is C41H52N6O7. The van der Waals surface area contributed by atoms with Gasteiger partial charge >= 0.3 is 5.97 Å². The molecule has 288 valence electrons. The quantitative estimate of drug-likeness (QED) is 0.158. The van der Waals surface area contributed by atoms with Gasteiger partial charge in [0, 0.05) is 20.0 Å². The van der Waals surface area contributed by atoms with Crippen molar-refractivity contribution >= 4 is 34.7 Å². The number of aliphatic hydroxyl groups excluding tert-OH is 1. The van der Waals surface area contributed by atoms with Gasteiger partial charge < -0.3 is 29.3 Å². The van der Waals surface area contributed by atoms with Crippen molar-refractivity contribution in [3.63, 3.8) is 0 Å². The van der Waals surface area contributed by atoms with E-state index in [1.54, 1.807) is 33.7 Å². The summed E-state index contributed by atoms with van der Waals surface area (Å²) in [4.78, 5) is 62.3. The van der Waals surface area contributed by atoms with Gasteiger partial charge in [0.15, 0.2) is 0 Å². The highest BCUT2D eigenvalue weighted by Crippen LogP contribution is 2.59. The zero-order chi connectivity index (χ0) is 38.7. The van der Waals surface area contributed by atoms with E-state index in [1.807, 2.05) is 75.4 Å². The van der Waals surface area contributed by atoms with Crippen LogP contribution < -0.4 is 0 Å². The maximum Gasteiger partial charge on any atom is 0.313 e. The predicted molar refractivity (Wildman–Crippen MR) is 201 cm³/mol. The molecule has 3 aliphatic heterocycles. The normalized spacial score (nSPS) is 25.1. The highest BCUT2D eigenvalue weighted by atomic mass is 16.6. The number of nitrogens with zero attached hydrogens (tertiary/aromatic N) is 6. The Morgan fingerprint density at radius 3 is 2.52 bits per heavy atom. The maximum absolute atomic E-state index is 15.1. The molecule has 1 aromatic heterocycles. The van der Waals surface area contributed by atoms with Gasteiger partial charge in [-0.1, -0.05) is 80.1 Å². The van der Waals surface area contributed by atoms with Crippen LogP contribution in [-0.2, 0) is 35.3 Å². The van der Waals surface area contributed by atoms with E-state index in [-0.39, 0.29) is 38.1 Å². The predicted octanol–water partition coefficient (Wildman–Crippen LogP) is 4.28. The van der Waals surface area contributed by atoms with E-state index in [2.05, 4.69) is 23.5 Å². The summed E-state index contributed by atoms with van der Waals surface area (Å²) in [6.45, 7) is 13.2. The van der Waals surface area contributed by atoms with Crippen LogP contribution in [0.1, 0.15) is 64.5 Å². The first-order chi connectivity index (χ1) is 26.0. The Balaban J connectivity index is 1.36. The number of rotatable bonds is 17. The summed E-state index contributed by atoms with van der Waals surface area (Å²) in [7, 11) is 1.69. The summed E-state index contributed by atoms with van der Waals surface area (Å²) < 4.78 is 14.7. The number of ether oxygens (including phenoxy) is 2. The van der Waals surface area contributed by atoms with Crippen molar-refractivity contribution in [1.29, 1.82) is 0 Å². The SMILES string of the molecule is C=CCCC(=O)N(C)[C@H](C)[C@H](OC(=O)[C@@H]1[C@@H]2CC[C@]3(O2)[C@H](C(=O)N(CC=C)Cn2nnc4ccccc42)N([C@@H](CO)[C@@H](C)CC)C(=O)[C@@H]13)c1ccccc1. The second kappa shape index (κ2) is 16.2. The van der Waals surface area contributed by atoms with Gasteiger partial charge in [-0.2, -0.15) is 0 Å². The molecule has 6 rings (SSSR count). The van der Waals surface area contributed by atoms with Crippen molar-refractivity contribution in [2.75, 3.05) is 20.2 Å². The van der Waals surface area contributed by atoms with Crippen LogP contribution in [0.5, 0.6) is 0 Å². The number of aliphatic hydroxyl groups is 1. The van der Waals surface area contributed by atoms with E-state index >= 15 is 4.79 Å². The molecule has 13 nitrogen and oxygen atoms in total. The molecule has 1 N–H and O–H groups in total. The number of carbonyl (C=O) groups is 4. The minimum Gasteiger partial charge on any atom is -0.455 e. The van der Waals surface area contributed by atoms with E-state index in [0.717, 1.165) is 5.52 Å². The fraction of sp³-hybridized carbons (Fsp3) is 0.512. The number of hydrogen-bond donors (Lipinski definition) is 1. The number of allylic oxidation sites excluding steroid dienone is 1. The molecule has 3 fully saturated rings. The lowest BCUT2D eigenvalue weighted by atomic mass is 9.70. The Morgan fingerprint density at radius 2 is 1.83 bits per heavy atom. The summed E-state index contributed by atoms with van der Waals surface area (Å²) in [5, 5.41) is 19.4. The number of likely N-dealkylation sites (N-methyl/N-ethyl adjacent to an activating group) is 1. The molecular weight excluding hydrogens is 688 g/mol. The highest BCUT2D eigenvalue weighted by molar-refractivity contribution is 5.98. The molecule has 3 aliphatic rings. The first kappa shape index (κ1) is 38.8. The van der Waals surface area contributed by atoms with Crippen LogP contribution in [0, 0.1) is 17.8 Å². The Hall–Kier alpha value is -4.88. The van der Waals surface area contributed by atoms with Crippen molar-refractivity contribution in [3.05, 3.63) is 85.5 Å². The number of amides is 3. The molecule has 2 bridgehead atoms. The molecule has 3 amide bonds. The lowest BCUT2D eigenvalue weighted by Gasteiger charge is -2.40. The minimum atomic E-state index is -1.33. The molecule has 4 heterocycles. The van der Waals surface area contributed by atoms with Crippen LogP contribution in [0.4, 0.5) is 0 Å². The Bertz CT molecular complexity index is 1870. The van der Waals surface area contributed by atoms with Crippen molar-refractivity contribution in [1.82, 2.24) is 29.7 Å². The molecule has 0 saturated carbocycles. The standard InChI is InChI=1S/C41H52N6O7/c1-7-10-20-33(49)44(6)27(5)36(28-16-12-11-13-17-28)53-40(52)34-32-21-22-41(54-32)35(34)38(50)47(31(24-48)26(4)9-3)37(41)39(51)45(23-8-2)25-46-30-19-15-14-18-29(30)42-43-46/h7-8,11-19,26-27,31-32,34-37,48H,1-2,9-10,20-25H2,3-6H3/t26-,27+,31-,32-,34+,35+,36-,37-,41+/m0/s1. The second-order valence-corrected chi connectivity index (χ2v) is 14.8. The highest BCUT2D eigenvalue weighted by Gasteiger charge is 2.76. The smallest absolute Gasteiger partial charge is 0.313 e. The average Bonchev–Trinajstić information content (AvgIpc) is 3.95. The van der Waals surface area contributed by atoms with Gasteiger partial charge in [0.2, 0.25) is 17.7 Å². The molecule has 0 radical (unpaired) electrons. The summed E-state index contributed by atoms with van der Waals surface area (Å²) in [6, 6.07) is 14.3. The van der Waals surface area contributed by atoms with Crippen LogP contribution in [0.3, 0.4) is 0 Å². The third kappa shape index (κ3) is 6.83. The number of para-hydroxylation sites is 1. The second-order valence-electron chi connectivity index (χ2n) is 14.8. The summed E-state index contributed by atoms with van der Waals surface area (Å²) >= 11 is 0. The molecule has 13 heteroatoms. The molecule has 9 atom stereocenters. The zero-order valence-electron chi connectivity index (χ0n) is 31.6. The Labute approximate surface area is 316 Å². The first-order valence-electron chi connectivity index (χ1n) is 18.9. The molecule has 0 aliphatic carbocycles. The minimum absolute atomic E-state index is 0.0301. The lowest BCUT2D eigenvalue weighted by molar-refractivity contribution is -0.165. The van der Waals surface area contributed by atoms with Crippen molar-refractivity contribution in [3.8, 4) is 0 Å². The third-order valence-corrected chi connectivity index (χ3v) is 11.9. The number of carbonyl (C=O) groups excluding carboxylic acids is 4. The van der Waals surface area contributed by atoms with E-state index in [4.69, 9.17) is 9.47 Å². The zero-order valence-corrected chi connectivity index (χ0v) is 31.6. The van der Waals surface area contributed by atoms with Crippen LogP contribution in [0.25, 0.3) is 11.0 Å². The van der Waals surface area contributed by atoms with E-state index in [9.17, 15) is 19.5 Å². The fourth-order valence-electron chi connectivity index (χ4n) is 8.66. The van der Waals surface area contributed by atoms with Crippen molar-refractivity contribution < 1.29 is 33.8 Å². The fourth-order valence-corrected chi connectivity index (χ4v) is 8.66.